The van der Waals surface area contributed by atoms with Gasteiger partial charge in [0.1, 0.15) is 11.9 Å². The number of likely N-dealkylation sites (N-methyl/N-ethyl adjacent to an activating group) is 1. The molecule has 2 N–H and O–H groups in total. The summed E-state index contributed by atoms with van der Waals surface area (Å²) in [6.45, 7) is 3.25. The Morgan fingerprint density at radius 2 is 2.25 bits per heavy atom. The molecule has 0 bridgehead atoms. The molecule has 2 fully saturated rings. The van der Waals surface area contributed by atoms with E-state index in [0.29, 0.717) is 0 Å². The Balaban J connectivity index is 1.74. The average Bonchev–Trinajstić information content (AvgIpc) is 2.83. The molecule has 3 heterocycles. The number of carbonyl (C=O) groups is 2. The van der Waals surface area contributed by atoms with E-state index in [1.807, 2.05) is 0 Å². The Bertz CT molecular complexity index is 501. The third-order valence-corrected chi connectivity index (χ3v) is 6.00. The van der Waals surface area contributed by atoms with Gasteiger partial charge in [-0.3, -0.25) is 4.79 Å². The van der Waals surface area contributed by atoms with Crippen molar-refractivity contribution in [3.05, 3.63) is 11.8 Å². The third kappa shape index (κ3) is 1.88. The third-order valence-electron chi connectivity index (χ3n) is 4.55. The van der Waals surface area contributed by atoms with Crippen LogP contribution in [0.1, 0.15) is 12.8 Å². The first-order valence-electron chi connectivity index (χ1n) is 6.85. The van der Waals surface area contributed by atoms with E-state index in [9.17, 15) is 14.7 Å². The fourth-order valence-electron chi connectivity index (χ4n) is 3.36. The van der Waals surface area contributed by atoms with Crippen molar-refractivity contribution in [2.75, 3.05) is 32.4 Å². The number of amides is 1. The molecule has 0 spiro atoms. The molecule has 0 aromatic heterocycles. The summed E-state index contributed by atoms with van der Waals surface area (Å²) in [7, 11) is 2.23. The minimum Gasteiger partial charge on any atom is -0.547 e. The molecule has 3 aliphatic heterocycles. The van der Waals surface area contributed by atoms with Gasteiger partial charge in [0.25, 0.3) is 5.91 Å². The first kappa shape index (κ1) is 13.9. The van der Waals surface area contributed by atoms with Crippen LogP contribution in [0.25, 0.3) is 0 Å². The van der Waals surface area contributed by atoms with Crippen molar-refractivity contribution in [1.29, 1.82) is 0 Å². The predicted molar refractivity (Wildman–Crippen MR) is 73.1 cm³/mol. The summed E-state index contributed by atoms with van der Waals surface area (Å²) in [6.07, 6.45) is 4.30. The van der Waals surface area contributed by atoms with Crippen LogP contribution >= 0.6 is 11.8 Å². The molecule has 2 saturated heterocycles. The van der Waals surface area contributed by atoms with Crippen LogP contribution < -0.4 is 10.8 Å². The maximum Gasteiger partial charge on any atom is 0.256 e. The smallest absolute Gasteiger partial charge is 0.256 e. The van der Waals surface area contributed by atoms with Gasteiger partial charge in [-0.2, -0.15) is 0 Å². The fraction of sp³-hybridized carbons (Fsp3) is 0.692. The fourth-order valence-corrected chi connectivity index (χ4v) is 4.67. The summed E-state index contributed by atoms with van der Waals surface area (Å²) in [5.74, 6) is -1.31. The van der Waals surface area contributed by atoms with Gasteiger partial charge in [0.05, 0.1) is 26.1 Å². The molecule has 0 aromatic rings. The van der Waals surface area contributed by atoms with E-state index in [2.05, 4.69) is 7.05 Å². The maximum absolute atomic E-state index is 11.9. The Morgan fingerprint density at radius 1 is 1.60 bits per heavy atom. The van der Waals surface area contributed by atoms with Crippen LogP contribution in [-0.4, -0.2) is 64.6 Å². The molecule has 3 aliphatic rings. The van der Waals surface area contributed by atoms with Crippen molar-refractivity contribution >= 4 is 23.6 Å². The van der Waals surface area contributed by atoms with Gasteiger partial charge in [0, 0.05) is 30.4 Å². The van der Waals surface area contributed by atoms with Crippen LogP contribution in [0.4, 0.5) is 0 Å². The van der Waals surface area contributed by atoms with Gasteiger partial charge in [-0.1, -0.05) is 0 Å². The number of likely N-dealkylation sites (tertiary alicyclic amines) is 1. The van der Waals surface area contributed by atoms with Gasteiger partial charge in [-0.25, -0.2) is 0 Å². The maximum atomic E-state index is 11.9. The number of nitrogens with zero attached hydrogens (tertiary/aromatic N) is 2. The Hall–Kier alpha value is -1.05. The lowest BCUT2D eigenvalue weighted by molar-refractivity contribution is -0.893. The van der Waals surface area contributed by atoms with Gasteiger partial charge in [0.2, 0.25) is 0 Å². The lowest BCUT2D eigenvalue weighted by Crippen LogP contribution is -2.82. The number of rotatable bonds is 3. The Morgan fingerprint density at radius 3 is 2.85 bits per heavy atom. The molecule has 2 atom stereocenters. The predicted octanol–water partition coefficient (Wildman–Crippen LogP) is -1.53. The molecule has 1 amide bonds. The molecule has 1 unspecified atom stereocenters. The van der Waals surface area contributed by atoms with Crippen molar-refractivity contribution in [2.45, 2.75) is 23.8 Å². The summed E-state index contributed by atoms with van der Waals surface area (Å²) in [4.78, 5) is 24.5. The standard InChI is InChI=1S/C13H19N3O3S/c1-16(4-2-3-5-16)7-9-6-15-10(17)13(14,12(18)19)11(15)20-8-9/h6,11H,2-5,7-8,14H2,1H3/t11-,13?/m0/s1. The van der Waals surface area contributed by atoms with Crippen LogP contribution in [0, 0.1) is 0 Å². The van der Waals surface area contributed by atoms with Gasteiger partial charge >= 0.3 is 0 Å². The minimum absolute atomic E-state index is 0.521. The van der Waals surface area contributed by atoms with E-state index in [1.54, 1.807) is 6.20 Å². The highest BCUT2D eigenvalue weighted by Gasteiger charge is 2.60. The highest BCUT2D eigenvalue weighted by Crippen LogP contribution is 2.41. The molecule has 110 valence electrons. The number of hydrogen-bond donors (Lipinski definition) is 1. The molecule has 7 heteroatoms. The SMILES string of the molecule is C[N+]1(CC2=CN3C(=O)C(N)(C(=O)[O-])[C@@H]3SC2)CCCC1. The van der Waals surface area contributed by atoms with Crippen molar-refractivity contribution in [2.24, 2.45) is 5.73 Å². The molecule has 3 rings (SSSR count). The number of carboxylic acid groups (broad SMARTS) is 1. The topological polar surface area (TPSA) is 86.5 Å². The Labute approximate surface area is 122 Å². The zero-order chi connectivity index (χ0) is 14.5. The zero-order valence-corrected chi connectivity index (χ0v) is 12.3. The summed E-state index contributed by atoms with van der Waals surface area (Å²) >= 11 is 1.42. The lowest BCUT2D eigenvalue weighted by Gasteiger charge is -2.54. The van der Waals surface area contributed by atoms with Gasteiger partial charge in [-0.15, -0.1) is 11.8 Å². The number of nitrogens with two attached hydrogens (primary N) is 1. The summed E-state index contributed by atoms with van der Waals surface area (Å²) in [5, 5.41) is 10.5. The zero-order valence-electron chi connectivity index (χ0n) is 11.5. The van der Waals surface area contributed by atoms with Crippen molar-refractivity contribution in [1.82, 2.24) is 4.90 Å². The molecular formula is C13H19N3O3S. The number of aliphatic carboxylic acids is 1. The van der Waals surface area contributed by atoms with E-state index < -0.39 is 22.8 Å². The number of carboxylic acids is 1. The van der Waals surface area contributed by atoms with E-state index in [0.717, 1.165) is 16.8 Å². The molecule has 6 nitrogen and oxygen atoms in total. The van der Waals surface area contributed by atoms with E-state index >= 15 is 0 Å². The number of quaternary nitrogens is 1. The molecular weight excluding hydrogens is 278 g/mol. The minimum atomic E-state index is -1.85. The number of hydrogen-bond acceptors (Lipinski definition) is 5. The second kappa shape index (κ2) is 4.47. The molecule has 0 radical (unpaired) electrons. The average molecular weight is 297 g/mol. The second-order valence-electron chi connectivity index (χ2n) is 6.25. The lowest BCUT2D eigenvalue weighted by atomic mass is 9.89. The van der Waals surface area contributed by atoms with Crippen LogP contribution in [0.5, 0.6) is 0 Å². The van der Waals surface area contributed by atoms with Gasteiger partial charge < -0.3 is 25.0 Å². The summed E-state index contributed by atoms with van der Waals surface area (Å²) < 4.78 is 1.01. The van der Waals surface area contributed by atoms with Crippen LogP contribution in [0.2, 0.25) is 0 Å². The number of β-lactam (4-membered cyclic amide) rings is 1. The normalized spacial score (nSPS) is 35.3. The largest absolute Gasteiger partial charge is 0.547 e. The van der Waals surface area contributed by atoms with Gasteiger partial charge in [-0.05, 0) is 0 Å². The van der Waals surface area contributed by atoms with E-state index in [4.69, 9.17) is 5.73 Å². The number of carbonyl (C=O) groups excluding carboxylic acids is 2. The van der Waals surface area contributed by atoms with Crippen LogP contribution in [-0.2, 0) is 9.59 Å². The highest BCUT2D eigenvalue weighted by molar-refractivity contribution is 8.00. The molecule has 0 aliphatic carbocycles. The highest BCUT2D eigenvalue weighted by atomic mass is 32.2. The van der Waals surface area contributed by atoms with Crippen LogP contribution in [0.15, 0.2) is 11.8 Å². The number of fused-ring (bicyclic) bond motifs is 1. The monoisotopic (exact) mass is 297 g/mol. The van der Waals surface area contributed by atoms with E-state index in [-0.39, 0.29) is 0 Å². The first-order valence-corrected chi connectivity index (χ1v) is 7.89. The second-order valence-corrected chi connectivity index (χ2v) is 7.32. The molecule has 0 saturated carbocycles. The van der Waals surface area contributed by atoms with Gasteiger partial charge in [0.15, 0.2) is 5.54 Å². The summed E-state index contributed by atoms with van der Waals surface area (Å²) in [6, 6.07) is 0. The van der Waals surface area contributed by atoms with E-state index in [1.165, 1.54) is 48.2 Å². The van der Waals surface area contributed by atoms with Crippen molar-refractivity contribution in [3.8, 4) is 0 Å². The Kier molecular flexibility index (Phi) is 3.11. The quantitative estimate of drug-likeness (QED) is 0.388. The van der Waals surface area contributed by atoms with Crippen molar-refractivity contribution < 1.29 is 19.2 Å². The van der Waals surface area contributed by atoms with Crippen molar-refractivity contribution in [3.63, 3.8) is 0 Å². The van der Waals surface area contributed by atoms with Crippen LogP contribution in [0.3, 0.4) is 0 Å². The first-order chi connectivity index (χ1) is 9.37. The number of thioether (sulfide) groups is 1. The molecule has 20 heavy (non-hydrogen) atoms. The molecule has 0 aromatic carbocycles. The summed E-state index contributed by atoms with van der Waals surface area (Å²) in [5.41, 5.74) is 5.01.